The monoisotopic (exact) mass is 271 g/mol. The smallest absolute Gasteiger partial charge is 0.162 e. The van der Waals surface area contributed by atoms with Crippen molar-refractivity contribution in [3.8, 4) is 11.5 Å². The summed E-state index contributed by atoms with van der Waals surface area (Å²) in [4.78, 5) is 0. The van der Waals surface area contributed by atoms with E-state index in [0.29, 0.717) is 13.2 Å². The molecule has 1 aliphatic rings. The summed E-state index contributed by atoms with van der Waals surface area (Å²) in [6, 6.07) is 3.87. The fourth-order valence-electron chi connectivity index (χ4n) is 1.55. The number of halogens is 1. The normalized spacial score (nSPS) is 17.0. The van der Waals surface area contributed by atoms with Gasteiger partial charge in [-0.1, -0.05) is 15.9 Å². The van der Waals surface area contributed by atoms with Crippen molar-refractivity contribution in [3.63, 3.8) is 0 Å². The Morgan fingerprint density at radius 3 is 2.47 bits per heavy atom. The minimum absolute atomic E-state index is 0.0171. The van der Waals surface area contributed by atoms with Crippen LogP contribution in [-0.2, 0) is 0 Å². The number of hydrogen-bond acceptors (Lipinski definition) is 3. The summed E-state index contributed by atoms with van der Waals surface area (Å²) in [5.74, 6) is 1.59. The van der Waals surface area contributed by atoms with Gasteiger partial charge in [0.2, 0.25) is 0 Å². The van der Waals surface area contributed by atoms with E-state index in [9.17, 15) is 0 Å². The maximum atomic E-state index is 5.86. The van der Waals surface area contributed by atoms with Crippen molar-refractivity contribution in [3.05, 3.63) is 22.2 Å². The molecule has 1 heterocycles. The van der Waals surface area contributed by atoms with Crippen LogP contribution >= 0.6 is 15.9 Å². The lowest BCUT2D eigenvalue weighted by Crippen LogP contribution is -2.06. The highest BCUT2D eigenvalue weighted by atomic mass is 79.9. The number of fused-ring (bicyclic) bond motifs is 1. The largest absolute Gasteiger partial charge is 0.490 e. The van der Waals surface area contributed by atoms with E-state index < -0.39 is 0 Å². The fourth-order valence-corrected chi connectivity index (χ4v) is 2.23. The highest BCUT2D eigenvalue weighted by Crippen LogP contribution is 2.36. The van der Waals surface area contributed by atoms with Gasteiger partial charge in [0.15, 0.2) is 11.5 Å². The van der Waals surface area contributed by atoms with Gasteiger partial charge in [0.1, 0.15) is 0 Å². The Morgan fingerprint density at radius 2 is 1.87 bits per heavy atom. The highest BCUT2D eigenvalue weighted by Gasteiger charge is 2.15. The first-order valence-electron chi connectivity index (χ1n) is 5.03. The predicted molar refractivity (Wildman–Crippen MR) is 62.4 cm³/mol. The van der Waals surface area contributed by atoms with Gasteiger partial charge in [-0.15, -0.1) is 0 Å². The molecule has 1 aromatic carbocycles. The lowest BCUT2D eigenvalue weighted by Gasteiger charge is -2.13. The minimum atomic E-state index is -0.0171. The molecule has 2 rings (SSSR count). The molecule has 3 nitrogen and oxygen atoms in total. The molecule has 82 valence electrons. The number of hydrogen-bond donors (Lipinski definition) is 1. The van der Waals surface area contributed by atoms with Gasteiger partial charge in [-0.25, -0.2) is 0 Å². The Hall–Kier alpha value is -0.740. The first-order chi connectivity index (χ1) is 7.18. The Balaban J connectivity index is 2.42. The van der Waals surface area contributed by atoms with Crippen LogP contribution < -0.4 is 15.2 Å². The van der Waals surface area contributed by atoms with E-state index in [0.717, 1.165) is 28.0 Å². The lowest BCUT2D eigenvalue weighted by atomic mass is 10.1. The van der Waals surface area contributed by atoms with Crippen LogP contribution in [0.2, 0.25) is 0 Å². The van der Waals surface area contributed by atoms with Crippen LogP contribution in [0.4, 0.5) is 0 Å². The van der Waals surface area contributed by atoms with Crippen molar-refractivity contribution < 1.29 is 9.47 Å². The van der Waals surface area contributed by atoms with Crippen LogP contribution in [0, 0.1) is 0 Å². The second-order valence-corrected chi connectivity index (χ2v) is 4.51. The summed E-state index contributed by atoms with van der Waals surface area (Å²) in [7, 11) is 0. The molecule has 0 amide bonds. The van der Waals surface area contributed by atoms with Crippen LogP contribution in [0.5, 0.6) is 11.5 Å². The van der Waals surface area contributed by atoms with Crippen molar-refractivity contribution in [1.82, 2.24) is 0 Å². The standard InChI is InChI=1S/C11H14BrNO2/c1-7(13)8-5-10-11(6-9(8)12)15-4-2-3-14-10/h5-7H,2-4,13H2,1H3/t7-/m0/s1. The summed E-state index contributed by atoms with van der Waals surface area (Å²) in [6.07, 6.45) is 0.916. The van der Waals surface area contributed by atoms with E-state index >= 15 is 0 Å². The molecule has 2 N–H and O–H groups in total. The summed E-state index contributed by atoms with van der Waals surface area (Å²) >= 11 is 3.49. The topological polar surface area (TPSA) is 44.5 Å². The number of ether oxygens (including phenoxy) is 2. The van der Waals surface area contributed by atoms with Crippen LogP contribution in [0.15, 0.2) is 16.6 Å². The molecule has 4 heteroatoms. The average Bonchev–Trinajstić information content (AvgIpc) is 2.40. The zero-order valence-corrected chi connectivity index (χ0v) is 10.2. The van der Waals surface area contributed by atoms with Gasteiger partial charge in [0.25, 0.3) is 0 Å². The van der Waals surface area contributed by atoms with E-state index in [1.807, 2.05) is 19.1 Å². The van der Waals surface area contributed by atoms with Crippen molar-refractivity contribution in [2.24, 2.45) is 5.73 Å². The third-order valence-electron chi connectivity index (χ3n) is 2.36. The molecule has 0 aromatic heterocycles. The van der Waals surface area contributed by atoms with Crippen LogP contribution in [0.1, 0.15) is 24.9 Å². The van der Waals surface area contributed by atoms with Gasteiger partial charge in [0, 0.05) is 16.9 Å². The molecule has 0 aliphatic carbocycles. The molecule has 0 radical (unpaired) electrons. The maximum Gasteiger partial charge on any atom is 0.162 e. The zero-order valence-electron chi connectivity index (χ0n) is 8.63. The Bertz CT molecular complexity index is 366. The molecule has 1 aromatic rings. The molecule has 1 aliphatic heterocycles. The van der Waals surface area contributed by atoms with Gasteiger partial charge in [-0.05, 0) is 24.6 Å². The van der Waals surface area contributed by atoms with Gasteiger partial charge >= 0.3 is 0 Å². The van der Waals surface area contributed by atoms with Crippen molar-refractivity contribution in [1.29, 1.82) is 0 Å². The lowest BCUT2D eigenvalue weighted by molar-refractivity contribution is 0.297. The van der Waals surface area contributed by atoms with Crippen molar-refractivity contribution in [2.75, 3.05) is 13.2 Å². The fraction of sp³-hybridized carbons (Fsp3) is 0.455. The number of nitrogens with two attached hydrogens (primary N) is 1. The van der Waals surface area contributed by atoms with Crippen molar-refractivity contribution in [2.45, 2.75) is 19.4 Å². The Morgan fingerprint density at radius 1 is 1.27 bits per heavy atom. The third-order valence-corrected chi connectivity index (χ3v) is 3.04. The van der Waals surface area contributed by atoms with Gasteiger partial charge in [-0.3, -0.25) is 0 Å². The molecule has 0 bridgehead atoms. The first-order valence-corrected chi connectivity index (χ1v) is 5.82. The van der Waals surface area contributed by atoms with Gasteiger partial charge < -0.3 is 15.2 Å². The molecule has 1 atom stereocenters. The summed E-state index contributed by atoms with van der Waals surface area (Å²) < 4.78 is 12.1. The van der Waals surface area contributed by atoms with E-state index in [2.05, 4.69) is 15.9 Å². The van der Waals surface area contributed by atoms with Crippen LogP contribution in [-0.4, -0.2) is 13.2 Å². The van der Waals surface area contributed by atoms with Gasteiger partial charge in [0.05, 0.1) is 13.2 Å². The Labute approximate surface area is 97.7 Å². The quantitative estimate of drug-likeness (QED) is 0.854. The third kappa shape index (κ3) is 2.26. The molecule has 0 saturated carbocycles. The molecule has 0 spiro atoms. The molecule has 15 heavy (non-hydrogen) atoms. The molecular weight excluding hydrogens is 258 g/mol. The second-order valence-electron chi connectivity index (χ2n) is 3.66. The summed E-state index contributed by atoms with van der Waals surface area (Å²) in [6.45, 7) is 3.36. The predicted octanol–water partition coefficient (Wildman–Crippen LogP) is 2.63. The SMILES string of the molecule is C[C@H](N)c1cc2c(cc1Br)OCCCO2. The molecule has 0 fully saturated rings. The summed E-state index contributed by atoms with van der Waals surface area (Å²) in [5.41, 5.74) is 6.90. The van der Waals surface area contributed by atoms with E-state index in [1.165, 1.54) is 0 Å². The Kier molecular flexibility index (Phi) is 3.17. The highest BCUT2D eigenvalue weighted by molar-refractivity contribution is 9.10. The first kappa shape index (κ1) is 10.8. The zero-order chi connectivity index (χ0) is 10.8. The van der Waals surface area contributed by atoms with Crippen LogP contribution in [0.3, 0.4) is 0 Å². The summed E-state index contributed by atoms with van der Waals surface area (Å²) in [5, 5.41) is 0. The van der Waals surface area contributed by atoms with Crippen LogP contribution in [0.25, 0.3) is 0 Å². The minimum Gasteiger partial charge on any atom is -0.490 e. The molecule has 0 saturated heterocycles. The number of benzene rings is 1. The van der Waals surface area contributed by atoms with E-state index in [-0.39, 0.29) is 6.04 Å². The molecular formula is C11H14BrNO2. The van der Waals surface area contributed by atoms with Gasteiger partial charge in [-0.2, -0.15) is 0 Å². The van der Waals surface area contributed by atoms with Crippen molar-refractivity contribution >= 4 is 15.9 Å². The van der Waals surface area contributed by atoms with E-state index in [1.54, 1.807) is 0 Å². The average molecular weight is 272 g/mol. The second kappa shape index (κ2) is 4.41. The van der Waals surface area contributed by atoms with E-state index in [4.69, 9.17) is 15.2 Å². The number of rotatable bonds is 1. The maximum absolute atomic E-state index is 5.86. The molecule has 0 unspecified atom stereocenters.